The molecule has 4 heterocycles. The molecule has 51 heavy (non-hydrogen) atoms. The SMILES string of the molecule is CC(C)C(=O)O[C@H]1[C@H](c2ccc3c(N)ncnn23)O[C@](C#N)(COP(=O)(NC(C)C(=O)O[C@@H]2CCOC2)Oc2ccccc2)[C@H]1OC(=O)C(C)C. The van der Waals surface area contributed by atoms with Gasteiger partial charge in [0.25, 0.3) is 0 Å². The molecule has 2 aromatic heterocycles. The summed E-state index contributed by atoms with van der Waals surface area (Å²) in [4.78, 5) is 43.2. The van der Waals surface area contributed by atoms with Crippen molar-refractivity contribution in [2.75, 3.05) is 25.6 Å². The van der Waals surface area contributed by atoms with Crippen molar-refractivity contribution in [3.8, 4) is 11.8 Å². The Labute approximate surface area is 294 Å². The van der Waals surface area contributed by atoms with E-state index in [1.54, 1.807) is 58.0 Å². The zero-order valence-corrected chi connectivity index (χ0v) is 29.7. The number of nitrogens with two attached hydrogens (primary N) is 1. The molecular weight excluding hydrogens is 687 g/mol. The molecule has 0 spiro atoms. The first-order valence-electron chi connectivity index (χ1n) is 16.4. The van der Waals surface area contributed by atoms with Gasteiger partial charge in [0.2, 0.25) is 5.60 Å². The van der Waals surface area contributed by atoms with E-state index in [1.165, 1.54) is 29.9 Å². The second-order valence-corrected chi connectivity index (χ2v) is 14.5. The number of ether oxygens (including phenoxy) is 5. The first-order chi connectivity index (χ1) is 24.3. The maximum Gasteiger partial charge on any atom is 0.459 e. The summed E-state index contributed by atoms with van der Waals surface area (Å²) >= 11 is 0. The lowest BCUT2D eigenvalue weighted by Crippen LogP contribution is -2.50. The van der Waals surface area contributed by atoms with Gasteiger partial charge in [0, 0.05) is 6.42 Å². The minimum absolute atomic E-state index is 0.109. The number of anilines is 1. The molecule has 0 bridgehead atoms. The van der Waals surface area contributed by atoms with Gasteiger partial charge in [-0.25, -0.2) is 14.1 Å². The lowest BCUT2D eigenvalue weighted by Gasteiger charge is -2.31. The number of para-hydroxylation sites is 1. The van der Waals surface area contributed by atoms with Crippen LogP contribution in [0.1, 0.15) is 52.8 Å². The fraction of sp³-hybridized carbons (Fsp3) is 0.515. The Bertz CT molecular complexity index is 1810. The number of rotatable bonds is 14. The molecule has 0 radical (unpaired) electrons. The third-order valence-corrected chi connectivity index (χ3v) is 9.74. The smallest absolute Gasteiger partial charge is 0.459 e. The largest absolute Gasteiger partial charge is 0.459 e. The number of nitrogens with one attached hydrogen (secondary N) is 1. The van der Waals surface area contributed by atoms with E-state index in [1.807, 2.05) is 6.07 Å². The number of fused-ring (bicyclic) bond motifs is 1. The summed E-state index contributed by atoms with van der Waals surface area (Å²) in [7, 11) is -4.58. The van der Waals surface area contributed by atoms with Crippen molar-refractivity contribution in [3.63, 3.8) is 0 Å². The summed E-state index contributed by atoms with van der Waals surface area (Å²) in [6, 6.07) is 12.0. The van der Waals surface area contributed by atoms with Crippen molar-refractivity contribution in [1.29, 1.82) is 5.26 Å². The number of hydrogen-bond acceptors (Lipinski definition) is 15. The average molecular weight is 729 g/mol. The van der Waals surface area contributed by atoms with Gasteiger partial charge >= 0.3 is 25.7 Å². The Morgan fingerprint density at radius 1 is 1.06 bits per heavy atom. The fourth-order valence-corrected chi connectivity index (χ4v) is 6.83. The minimum atomic E-state index is -4.58. The summed E-state index contributed by atoms with van der Waals surface area (Å²) in [6.07, 6.45) is -3.10. The highest BCUT2D eigenvalue weighted by Crippen LogP contribution is 2.50. The number of nitrogens with zero attached hydrogens (tertiary/aromatic N) is 4. The predicted octanol–water partition coefficient (Wildman–Crippen LogP) is 3.29. The lowest BCUT2D eigenvalue weighted by atomic mass is 9.95. The second kappa shape index (κ2) is 15.7. The maximum absolute atomic E-state index is 14.5. The number of aromatic nitrogens is 3. The molecule has 2 saturated heterocycles. The van der Waals surface area contributed by atoms with Gasteiger partial charge in [0.15, 0.2) is 18.0 Å². The van der Waals surface area contributed by atoms with E-state index in [0.717, 1.165) is 0 Å². The van der Waals surface area contributed by atoms with Crippen LogP contribution < -0.4 is 15.3 Å². The maximum atomic E-state index is 14.5. The third-order valence-electron chi connectivity index (χ3n) is 8.12. The van der Waals surface area contributed by atoms with E-state index in [2.05, 4.69) is 15.2 Å². The van der Waals surface area contributed by atoms with Crippen LogP contribution in [-0.2, 0) is 47.2 Å². The molecule has 0 aliphatic carbocycles. The second-order valence-electron chi connectivity index (χ2n) is 12.8. The molecule has 3 N–H and O–H groups in total. The number of esters is 3. The Morgan fingerprint density at radius 3 is 2.41 bits per heavy atom. The van der Waals surface area contributed by atoms with Crippen molar-refractivity contribution in [2.24, 2.45) is 11.8 Å². The molecule has 274 valence electrons. The molecular formula is C33H41N6O11P. The summed E-state index contributed by atoms with van der Waals surface area (Å²) in [5.41, 5.74) is 4.47. The van der Waals surface area contributed by atoms with Crippen molar-refractivity contribution in [3.05, 3.63) is 54.5 Å². The number of benzene rings is 1. The van der Waals surface area contributed by atoms with Crippen LogP contribution in [-0.4, -0.2) is 82.3 Å². The van der Waals surface area contributed by atoms with E-state index in [9.17, 15) is 24.2 Å². The van der Waals surface area contributed by atoms with Crippen LogP contribution in [0.4, 0.5) is 5.82 Å². The highest BCUT2D eigenvalue weighted by Gasteiger charge is 2.62. The number of nitriles is 1. The highest BCUT2D eigenvalue weighted by molar-refractivity contribution is 7.52. The average Bonchev–Trinajstić information content (AvgIpc) is 3.84. The van der Waals surface area contributed by atoms with Gasteiger partial charge in [-0.05, 0) is 31.2 Å². The molecule has 7 atom stereocenters. The molecule has 2 aliphatic rings. The zero-order chi connectivity index (χ0) is 36.9. The molecule has 2 fully saturated rings. The van der Waals surface area contributed by atoms with E-state index in [4.69, 9.17) is 38.5 Å². The van der Waals surface area contributed by atoms with E-state index in [0.29, 0.717) is 18.5 Å². The van der Waals surface area contributed by atoms with Gasteiger partial charge < -0.3 is 33.9 Å². The standard InChI is InChI=1S/C33H41N6O11P/c1-19(2)30(40)47-27-26(24-11-12-25-29(35)36-18-37-39(24)25)49-33(16-34,28(27)48-31(41)20(3)4)17-45-51(43,50-22-9-7-6-8-10-22)38-21(5)32(42)46-23-13-14-44-15-23/h6-12,18-21,23,26-28H,13-15,17H2,1-5H3,(H,38,43)(H2,35,36,37)/t21?,23-,26+,27+,28+,33-,51?/m1/s1. The molecule has 0 amide bonds. The van der Waals surface area contributed by atoms with Gasteiger partial charge in [-0.2, -0.15) is 15.4 Å². The van der Waals surface area contributed by atoms with Crippen LogP contribution >= 0.6 is 7.75 Å². The van der Waals surface area contributed by atoms with E-state index >= 15 is 0 Å². The highest BCUT2D eigenvalue weighted by atomic mass is 31.2. The molecule has 2 aliphatic heterocycles. The number of carbonyl (C=O) groups is 3. The first kappa shape index (κ1) is 37.7. The fourth-order valence-electron chi connectivity index (χ4n) is 5.31. The molecule has 0 saturated carbocycles. The summed E-state index contributed by atoms with van der Waals surface area (Å²) in [5, 5.41) is 17.7. The van der Waals surface area contributed by atoms with Crippen molar-refractivity contribution >= 4 is 37.0 Å². The topological polar surface area (TPSA) is 225 Å². The molecule has 1 aromatic carbocycles. The van der Waals surface area contributed by atoms with Crippen LogP contribution in [0.15, 0.2) is 48.8 Å². The van der Waals surface area contributed by atoms with Gasteiger partial charge in [-0.15, -0.1) is 0 Å². The third kappa shape index (κ3) is 8.49. The molecule has 5 rings (SSSR count). The van der Waals surface area contributed by atoms with Crippen LogP contribution in [0.3, 0.4) is 0 Å². The summed E-state index contributed by atoms with van der Waals surface area (Å²) < 4.78 is 56.5. The lowest BCUT2D eigenvalue weighted by molar-refractivity contribution is -0.173. The predicted molar refractivity (Wildman–Crippen MR) is 178 cm³/mol. The minimum Gasteiger partial charge on any atom is -0.459 e. The van der Waals surface area contributed by atoms with Crippen LogP contribution in [0.2, 0.25) is 0 Å². The Kier molecular flexibility index (Phi) is 11.6. The Hall–Kier alpha value is -4.59. The summed E-state index contributed by atoms with van der Waals surface area (Å²) in [6.45, 7) is 7.60. The number of nitrogen functional groups attached to an aromatic ring is 1. The molecule has 17 nitrogen and oxygen atoms in total. The monoisotopic (exact) mass is 728 g/mol. The van der Waals surface area contributed by atoms with Crippen LogP contribution in [0.25, 0.3) is 5.52 Å². The normalized spacial score (nSPS) is 24.9. The first-order valence-corrected chi connectivity index (χ1v) is 17.9. The molecule has 2 unspecified atom stereocenters. The molecule has 3 aromatic rings. The van der Waals surface area contributed by atoms with Crippen molar-refractivity contribution in [2.45, 2.75) is 77.1 Å². The zero-order valence-electron chi connectivity index (χ0n) is 28.8. The van der Waals surface area contributed by atoms with Crippen molar-refractivity contribution < 1.29 is 51.7 Å². The Morgan fingerprint density at radius 2 is 1.76 bits per heavy atom. The van der Waals surface area contributed by atoms with Crippen LogP contribution in [0.5, 0.6) is 5.75 Å². The van der Waals surface area contributed by atoms with E-state index in [-0.39, 0.29) is 23.9 Å². The van der Waals surface area contributed by atoms with E-state index < -0.39 is 80.2 Å². The van der Waals surface area contributed by atoms with Gasteiger partial charge in [-0.1, -0.05) is 45.9 Å². The quantitative estimate of drug-likeness (QED) is 0.138. The van der Waals surface area contributed by atoms with Crippen molar-refractivity contribution in [1.82, 2.24) is 19.7 Å². The number of hydrogen-bond donors (Lipinski definition) is 2. The number of carbonyl (C=O) groups excluding carboxylic acids is 3. The van der Waals surface area contributed by atoms with Crippen LogP contribution in [0, 0.1) is 23.2 Å². The van der Waals surface area contributed by atoms with Gasteiger partial charge in [0.05, 0.1) is 30.7 Å². The van der Waals surface area contributed by atoms with Gasteiger partial charge in [-0.3, -0.25) is 18.9 Å². The summed E-state index contributed by atoms with van der Waals surface area (Å²) in [5.74, 6) is -3.21. The van der Waals surface area contributed by atoms with Gasteiger partial charge in [0.1, 0.15) is 48.5 Å². The Balaban J connectivity index is 1.53. The molecule has 18 heteroatoms.